The highest BCUT2D eigenvalue weighted by Crippen LogP contribution is 2.42. The van der Waals surface area contributed by atoms with E-state index in [1.54, 1.807) is 19.1 Å². The van der Waals surface area contributed by atoms with Gasteiger partial charge in [-0.05, 0) is 56.5 Å². The van der Waals surface area contributed by atoms with Crippen molar-refractivity contribution in [1.29, 1.82) is 15.8 Å². The van der Waals surface area contributed by atoms with Crippen molar-refractivity contribution >= 4 is 37.9 Å². The maximum atomic E-state index is 9.99. The number of phenols is 1. The summed E-state index contributed by atoms with van der Waals surface area (Å²) in [6.45, 7) is 2.10. The highest BCUT2D eigenvalue weighted by Gasteiger charge is 2.16. The van der Waals surface area contributed by atoms with Crippen LogP contribution in [0.15, 0.2) is 31.9 Å². The zero-order chi connectivity index (χ0) is 17.6. The summed E-state index contributed by atoms with van der Waals surface area (Å²) >= 11 is 6.51. The first-order valence-corrected chi connectivity index (χ1v) is 7.75. The van der Waals surface area contributed by atoms with Gasteiger partial charge >= 0.3 is 0 Å². The molecule has 0 radical (unpaired) electrons. The summed E-state index contributed by atoms with van der Waals surface area (Å²) in [5.74, 6) is 0.127. The van der Waals surface area contributed by atoms with Crippen molar-refractivity contribution in [2.75, 3.05) is 6.61 Å². The van der Waals surface area contributed by atoms with Crippen LogP contribution in [0.25, 0.3) is 6.08 Å². The molecule has 3 N–H and O–H groups in total. The Morgan fingerprint density at radius 1 is 1.26 bits per heavy atom. The first-order valence-electron chi connectivity index (χ1n) is 6.17. The first kappa shape index (κ1) is 18.6. The van der Waals surface area contributed by atoms with Gasteiger partial charge in [0.25, 0.3) is 0 Å². The topological polar surface area (TPSA) is 127 Å². The molecule has 0 amide bonds. The van der Waals surface area contributed by atoms with Crippen LogP contribution in [-0.4, -0.2) is 11.7 Å². The minimum Gasteiger partial charge on any atom is -0.503 e. The van der Waals surface area contributed by atoms with Gasteiger partial charge < -0.3 is 15.6 Å². The Kier molecular flexibility index (Phi) is 6.65. The summed E-state index contributed by atoms with van der Waals surface area (Å²) in [6, 6.07) is 6.63. The Balaban J connectivity index is 3.59. The Hall–Kier alpha value is -2.47. The number of hydrogen-bond acceptors (Lipinski definition) is 6. The number of ether oxygens (including phenoxy) is 1. The minimum atomic E-state index is -0.350. The molecular weight excluding hydrogens is 428 g/mol. The van der Waals surface area contributed by atoms with E-state index in [4.69, 9.17) is 21.0 Å². The number of rotatable bonds is 4. The van der Waals surface area contributed by atoms with Crippen LogP contribution in [-0.2, 0) is 0 Å². The number of aromatic hydroxyl groups is 1. The predicted molar refractivity (Wildman–Crippen MR) is 90.7 cm³/mol. The number of benzene rings is 1. The largest absolute Gasteiger partial charge is 0.503 e. The molecule has 1 aromatic carbocycles. The molecule has 0 unspecified atom stereocenters. The first-order chi connectivity index (χ1) is 10.9. The molecule has 8 heteroatoms. The lowest BCUT2D eigenvalue weighted by atomic mass is 10.1. The van der Waals surface area contributed by atoms with Gasteiger partial charge in [0, 0.05) is 4.47 Å². The second kappa shape index (κ2) is 8.24. The van der Waals surface area contributed by atoms with E-state index in [0.717, 1.165) is 0 Å². The molecule has 0 atom stereocenters. The van der Waals surface area contributed by atoms with Crippen LogP contribution in [0.1, 0.15) is 12.5 Å². The number of hydrogen-bond donors (Lipinski definition) is 2. The van der Waals surface area contributed by atoms with Crippen LogP contribution in [0.4, 0.5) is 0 Å². The molecule has 0 saturated heterocycles. The van der Waals surface area contributed by atoms with Crippen LogP contribution < -0.4 is 10.5 Å². The van der Waals surface area contributed by atoms with Crippen LogP contribution in [0.2, 0.25) is 0 Å². The lowest BCUT2D eigenvalue weighted by Crippen LogP contribution is -2.03. The van der Waals surface area contributed by atoms with E-state index in [0.29, 0.717) is 21.1 Å². The highest BCUT2D eigenvalue weighted by molar-refractivity contribution is 9.13. The molecule has 0 heterocycles. The average Bonchev–Trinajstić information content (AvgIpc) is 2.55. The third-order valence-corrected chi connectivity index (χ3v) is 4.84. The number of nitriles is 3. The maximum Gasteiger partial charge on any atom is 0.173 e. The van der Waals surface area contributed by atoms with Crippen molar-refractivity contribution in [3.05, 3.63) is 37.4 Å². The number of allylic oxidation sites excluding steroid dienone is 2. The van der Waals surface area contributed by atoms with Crippen LogP contribution in [0, 0.1) is 34.0 Å². The maximum absolute atomic E-state index is 9.99. The molecule has 0 aromatic heterocycles. The number of nitrogens with two attached hydrogens (primary N) is 1. The van der Waals surface area contributed by atoms with E-state index in [-0.39, 0.29) is 28.3 Å². The molecule has 6 nitrogen and oxygen atoms in total. The molecule has 23 heavy (non-hydrogen) atoms. The molecule has 0 spiro atoms. The van der Waals surface area contributed by atoms with Crippen LogP contribution >= 0.6 is 31.9 Å². The third kappa shape index (κ3) is 4.04. The van der Waals surface area contributed by atoms with Crippen molar-refractivity contribution < 1.29 is 9.84 Å². The molecular formula is C15H10Br2N4O2. The summed E-state index contributed by atoms with van der Waals surface area (Å²) < 4.78 is 6.13. The van der Waals surface area contributed by atoms with E-state index >= 15 is 0 Å². The molecule has 0 aliphatic heterocycles. The highest BCUT2D eigenvalue weighted by atomic mass is 79.9. The van der Waals surface area contributed by atoms with E-state index in [1.165, 1.54) is 12.1 Å². The average molecular weight is 438 g/mol. The van der Waals surface area contributed by atoms with Crippen LogP contribution in [0.3, 0.4) is 0 Å². The van der Waals surface area contributed by atoms with E-state index in [2.05, 4.69) is 31.9 Å². The lowest BCUT2D eigenvalue weighted by Gasteiger charge is -2.11. The number of halogens is 2. The van der Waals surface area contributed by atoms with Gasteiger partial charge in [-0.25, -0.2) is 0 Å². The summed E-state index contributed by atoms with van der Waals surface area (Å²) in [4.78, 5) is 0. The van der Waals surface area contributed by atoms with Gasteiger partial charge in [0.15, 0.2) is 17.1 Å². The zero-order valence-electron chi connectivity index (χ0n) is 11.9. The summed E-state index contributed by atoms with van der Waals surface area (Å²) in [5.41, 5.74) is 5.55. The number of nitrogens with zero attached hydrogens (tertiary/aromatic N) is 3. The zero-order valence-corrected chi connectivity index (χ0v) is 15.1. The Morgan fingerprint density at radius 3 is 2.35 bits per heavy atom. The van der Waals surface area contributed by atoms with Gasteiger partial charge in [0.2, 0.25) is 0 Å². The van der Waals surface area contributed by atoms with Gasteiger partial charge in [0.05, 0.1) is 22.3 Å². The quantitative estimate of drug-likeness (QED) is 0.548. The van der Waals surface area contributed by atoms with Crippen molar-refractivity contribution in [2.45, 2.75) is 6.92 Å². The predicted octanol–water partition coefficient (Wildman–Crippen LogP) is 3.48. The SMILES string of the molecule is CCOc1cc(/C=C(\C#N)C(N)=C(C#N)C#N)c(Br)c(Br)c1O. The van der Waals surface area contributed by atoms with E-state index in [1.807, 2.05) is 6.07 Å². The van der Waals surface area contributed by atoms with Gasteiger partial charge in [0.1, 0.15) is 18.2 Å². The normalized spacial score (nSPS) is 10.2. The summed E-state index contributed by atoms with van der Waals surface area (Å²) in [5, 5.41) is 36.9. The van der Waals surface area contributed by atoms with Gasteiger partial charge in [-0.2, -0.15) is 15.8 Å². The standard InChI is InChI=1S/C15H10Br2N4O2/c1-2-23-11-4-8(12(16)13(17)15(11)22)3-9(5-18)14(21)10(6-19)7-20/h3-4,22H,2,21H2,1H3/b9-3+. The van der Waals surface area contributed by atoms with Gasteiger partial charge in [-0.3, -0.25) is 0 Å². The fourth-order valence-electron chi connectivity index (χ4n) is 1.59. The monoisotopic (exact) mass is 436 g/mol. The minimum absolute atomic E-state index is 0.0520. The molecule has 116 valence electrons. The lowest BCUT2D eigenvalue weighted by molar-refractivity contribution is 0.317. The number of phenolic OH excluding ortho intramolecular Hbond substituents is 1. The molecule has 0 fully saturated rings. The third-order valence-electron chi connectivity index (χ3n) is 2.68. The summed E-state index contributed by atoms with van der Waals surface area (Å²) in [6.07, 6.45) is 1.39. The van der Waals surface area contributed by atoms with E-state index in [9.17, 15) is 10.4 Å². The fraction of sp³-hybridized carbons (Fsp3) is 0.133. The smallest absolute Gasteiger partial charge is 0.173 e. The van der Waals surface area contributed by atoms with Crippen molar-refractivity contribution in [2.24, 2.45) is 5.73 Å². The molecule has 0 bridgehead atoms. The van der Waals surface area contributed by atoms with Crippen molar-refractivity contribution in [1.82, 2.24) is 0 Å². The molecule has 0 aliphatic carbocycles. The second-order valence-electron chi connectivity index (χ2n) is 4.06. The molecule has 0 aliphatic rings. The Labute approximate surface area is 149 Å². The van der Waals surface area contributed by atoms with Gasteiger partial charge in [-0.15, -0.1) is 0 Å². The molecule has 0 saturated carbocycles. The Bertz CT molecular complexity index is 808. The van der Waals surface area contributed by atoms with Gasteiger partial charge in [-0.1, -0.05) is 0 Å². The molecule has 1 rings (SSSR count). The van der Waals surface area contributed by atoms with Crippen LogP contribution in [0.5, 0.6) is 11.5 Å². The Morgan fingerprint density at radius 2 is 1.87 bits per heavy atom. The summed E-state index contributed by atoms with van der Waals surface area (Å²) in [7, 11) is 0. The second-order valence-corrected chi connectivity index (χ2v) is 5.64. The molecule has 1 aromatic rings. The fourth-order valence-corrected chi connectivity index (χ4v) is 2.43. The van der Waals surface area contributed by atoms with E-state index < -0.39 is 0 Å². The van der Waals surface area contributed by atoms with Crippen molar-refractivity contribution in [3.8, 4) is 29.7 Å². The van der Waals surface area contributed by atoms with Crippen molar-refractivity contribution in [3.63, 3.8) is 0 Å².